The van der Waals surface area contributed by atoms with Crippen LogP contribution in [0, 0.1) is 0 Å². The highest BCUT2D eigenvalue weighted by atomic mass is 16.2. The highest BCUT2D eigenvalue weighted by Gasteiger charge is 2.34. The molecule has 0 saturated carbocycles. The van der Waals surface area contributed by atoms with E-state index in [2.05, 4.69) is 29.2 Å². The van der Waals surface area contributed by atoms with Crippen molar-refractivity contribution in [3.8, 4) is 0 Å². The Morgan fingerprint density at radius 1 is 1.13 bits per heavy atom. The monoisotopic (exact) mass is 315 g/mol. The summed E-state index contributed by atoms with van der Waals surface area (Å²) in [7, 11) is 0. The van der Waals surface area contributed by atoms with Crippen molar-refractivity contribution >= 4 is 5.91 Å². The first-order chi connectivity index (χ1) is 11.2. The topological polar surface area (TPSA) is 49.6 Å². The van der Waals surface area contributed by atoms with Gasteiger partial charge >= 0.3 is 0 Å². The van der Waals surface area contributed by atoms with Crippen LogP contribution >= 0.6 is 0 Å². The first kappa shape index (κ1) is 16.5. The molecule has 2 saturated heterocycles. The van der Waals surface area contributed by atoms with E-state index >= 15 is 0 Å². The lowest BCUT2D eigenvalue weighted by Crippen LogP contribution is -2.43. The van der Waals surface area contributed by atoms with Gasteiger partial charge in [0, 0.05) is 25.4 Å². The van der Waals surface area contributed by atoms with Crippen LogP contribution in [0.5, 0.6) is 0 Å². The van der Waals surface area contributed by atoms with Gasteiger partial charge in [-0.05, 0) is 43.5 Å². The van der Waals surface area contributed by atoms with E-state index in [0.29, 0.717) is 6.42 Å². The molecule has 2 fully saturated rings. The molecule has 1 aromatic rings. The maximum atomic E-state index is 11.9. The fourth-order valence-electron chi connectivity index (χ4n) is 3.92. The molecule has 2 unspecified atom stereocenters. The first-order valence-electron chi connectivity index (χ1n) is 9.05. The third-order valence-corrected chi connectivity index (χ3v) is 5.34. The number of carbonyl (C=O) groups is 1. The number of hydrogen-bond acceptors (Lipinski definition) is 3. The van der Waals surface area contributed by atoms with Gasteiger partial charge < -0.3 is 10.6 Å². The standard InChI is InChI=1S/C19H29N3O/c1-2-18(23)22-13-10-17(19(22)20)16-8-6-15(7-9-16)14-21-11-4-3-5-12-21/h6-9,17,19H,2-5,10-14,20H2,1H3. The van der Waals surface area contributed by atoms with Crippen LogP contribution in [0.2, 0.25) is 0 Å². The van der Waals surface area contributed by atoms with Crippen molar-refractivity contribution in [2.75, 3.05) is 19.6 Å². The number of carbonyl (C=O) groups excluding carboxylic acids is 1. The normalized spacial score (nSPS) is 25.7. The van der Waals surface area contributed by atoms with E-state index in [1.165, 1.54) is 43.5 Å². The SMILES string of the molecule is CCC(=O)N1CCC(c2ccc(CN3CCCCC3)cc2)C1N. The fraction of sp³-hybridized carbons (Fsp3) is 0.632. The molecule has 4 heteroatoms. The van der Waals surface area contributed by atoms with Crippen molar-refractivity contribution in [3.05, 3.63) is 35.4 Å². The Morgan fingerprint density at radius 2 is 1.83 bits per heavy atom. The van der Waals surface area contributed by atoms with Crippen molar-refractivity contribution in [1.82, 2.24) is 9.80 Å². The molecule has 3 rings (SSSR count). The zero-order valence-electron chi connectivity index (χ0n) is 14.2. The maximum absolute atomic E-state index is 11.9. The second-order valence-corrected chi connectivity index (χ2v) is 6.90. The summed E-state index contributed by atoms with van der Waals surface area (Å²) in [6, 6.07) is 8.90. The molecular formula is C19H29N3O. The highest BCUT2D eigenvalue weighted by molar-refractivity contribution is 5.76. The molecule has 0 aliphatic carbocycles. The molecule has 0 radical (unpaired) electrons. The lowest BCUT2D eigenvalue weighted by atomic mass is 9.95. The van der Waals surface area contributed by atoms with Crippen molar-refractivity contribution in [3.63, 3.8) is 0 Å². The van der Waals surface area contributed by atoms with Crippen molar-refractivity contribution < 1.29 is 4.79 Å². The summed E-state index contributed by atoms with van der Waals surface area (Å²) in [6.07, 6.45) is 5.37. The van der Waals surface area contributed by atoms with E-state index in [-0.39, 0.29) is 18.0 Å². The number of likely N-dealkylation sites (tertiary alicyclic amines) is 2. The van der Waals surface area contributed by atoms with E-state index in [1.54, 1.807) is 0 Å². The van der Waals surface area contributed by atoms with Crippen LogP contribution in [0.4, 0.5) is 0 Å². The molecule has 0 spiro atoms. The van der Waals surface area contributed by atoms with Gasteiger partial charge in [0.25, 0.3) is 0 Å². The Balaban J connectivity index is 1.62. The van der Waals surface area contributed by atoms with Crippen molar-refractivity contribution in [1.29, 1.82) is 0 Å². The van der Waals surface area contributed by atoms with E-state index in [1.807, 2.05) is 11.8 Å². The molecule has 0 bridgehead atoms. The second kappa shape index (κ2) is 7.45. The van der Waals surface area contributed by atoms with Crippen LogP contribution in [0.3, 0.4) is 0 Å². The quantitative estimate of drug-likeness (QED) is 0.929. The van der Waals surface area contributed by atoms with Gasteiger partial charge in [-0.2, -0.15) is 0 Å². The molecule has 2 aliphatic rings. The van der Waals surface area contributed by atoms with Crippen LogP contribution in [0.25, 0.3) is 0 Å². The van der Waals surface area contributed by atoms with Crippen LogP contribution in [0.1, 0.15) is 56.1 Å². The molecular weight excluding hydrogens is 286 g/mol. The Kier molecular flexibility index (Phi) is 5.34. The molecule has 2 aliphatic heterocycles. The molecule has 4 nitrogen and oxygen atoms in total. The fourth-order valence-corrected chi connectivity index (χ4v) is 3.92. The summed E-state index contributed by atoms with van der Waals surface area (Å²) in [5.74, 6) is 0.441. The van der Waals surface area contributed by atoms with E-state index in [9.17, 15) is 4.79 Å². The zero-order valence-corrected chi connectivity index (χ0v) is 14.2. The number of rotatable bonds is 4. The summed E-state index contributed by atoms with van der Waals surface area (Å²) in [5, 5.41) is 0. The van der Waals surface area contributed by atoms with Gasteiger partial charge in [0.2, 0.25) is 5.91 Å². The van der Waals surface area contributed by atoms with Gasteiger partial charge in [-0.25, -0.2) is 0 Å². The Labute approximate surface area is 139 Å². The molecule has 2 heterocycles. The van der Waals surface area contributed by atoms with Gasteiger partial charge in [0.1, 0.15) is 0 Å². The van der Waals surface area contributed by atoms with Crippen LogP contribution in [-0.2, 0) is 11.3 Å². The van der Waals surface area contributed by atoms with Gasteiger partial charge in [-0.1, -0.05) is 37.6 Å². The smallest absolute Gasteiger partial charge is 0.223 e. The summed E-state index contributed by atoms with van der Waals surface area (Å²) in [6.45, 7) is 6.19. The zero-order chi connectivity index (χ0) is 16.2. The molecule has 1 aromatic carbocycles. The first-order valence-corrected chi connectivity index (χ1v) is 9.05. The minimum atomic E-state index is -0.171. The van der Waals surface area contributed by atoms with Gasteiger partial charge in [-0.3, -0.25) is 9.69 Å². The number of hydrogen-bond donors (Lipinski definition) is 1. The third kappa shape index (κ3) is 3.75. The molecule has 23 heavy (non-hydrogen) atoms. The molecule has 0 aromatic heterocycles. The van der Waals surface area contributed by atoms with Crippen molar-refractivity contribution in [2.45, 2.75) is 57.7 Å². The summed E-state index contributed by atoms with van der Waals surface area (Å²) in [5.41, 5.74) is 8.96. The Morgan fingerprint density at radius 3 is 2.48 bits per heavy atom. The average molecular weight is 315 g/mol. The number of nitrogens with zero attached hydrogens (tertiary/aromatic N) is 2. The minimum Gasteiger partial charge on any atom is -0.327 e. The number of piperidine rings is 1. The molecule has 2 N–H and O–H groups in total. The third-order valence-electron chi connectivity index (χ3n) is 5.34. The van der Waals surface area contributed by atoms with Crippen LogP contribution in [0.15, 0.2) is 24.3 Å². The molecule has 1 amide bonds. The van der Waals surface area contributed by atoms with Gasteiger partial charge in [-0.15, -0.1) is 0 Å². The number of benzene rings is 1. The Bertz CT molecular complexity index is 522. The van der Waals surface area contributed by atoms with Crippen LogP contribution < -0.4 is 5.73 Å². The highest BCUT2D eigenvalue weighted by Crippen LogP contribution is 2.31. The van der Waals surface area contributed by atoms with Crippen LogP contribution in [-0.4, -0.2) is 41.5 Å². The van der Waals surface area contributed by atoms with E-state index < -0.39 is 0 Å². The maximum Gasteiger partial charge on any atom is 0.223 e. The lowest BCUT2D eigenvalue weighted by molar-refractivity contribution is -0.131. The predicted molar refractivity (Wildman–Crippen MR) is 92.9 cm³/mol. The number of nitrogens with two attached hydrogens (primary N) is 1. The number of amides is 1. The summed E-state index contributed by atoms with van der Waals surface area (Å²) < 4.78 is 0. The predicted octanol–water partition coefficient (Wildman–Crippen LogP) is 2.68. The molecule has 126 valence electrons. The average Bonchev–Trinajstić information content (AvgIpc) is 2.97. The Hall–Kier alpha value is -1.39. The minimum absolute atomic E-state index is 0.168. The van der Waals surface area contributed by atoms with Gasteiger partial charge in [0.05, 0.1) is 6.17 Å². The molecule has 2 atom stereocenters. The lowest BCUT2D eigenvalue weighted by Gasteiger charge is -2.27. The van der Waals surface area contributed by atoms with E-state index in [4.69, 9.17) is 5.73 Å². The van der Waals surface area contributed by atoms with Crippen molar-refractivity contribution in [2.24, 2.45) is 5.73 Å². The van der Waals surface area contributed by atoms with E-state index in [0.717, 1.165) is 19.5 Å². The largest absolute Gasteiger partial charge is 0.327 e. The van der Waals surface area contributed by atoms with Gasteiger partial charge in [0.15, 0.2) is 0 Å². The summed E-state index contributed by atoms with van der Waals surface area (Å²) in [4.78, 5) is 16.3. The summed E-state index contributed by atoms with van der Waals surface area (Å²) >= 11 is 0. The second-order valence-electron chi connectivity index (χ2n) is 6.90.